The number of carboxylic acid groups (broad SMARTS) is 1. The van der Waals surface area contributed by atoms with Gasteiger partial charge in [-0.15, -0.1) is 0 Å². The van der Waals surface area contributed by atoms with Crippen molar-refractivity contribution in [2.24, 2.45) is 5.92 Å². The van der Waals surface area contributed by atoms with Crippen LogP contribution in [-0.4, -0.2) is 21.8 Å². The van der Waals surface area contributed by atoms with Crippen LogP contribution in [-0.2, 0) is 4.79 Å². The zero-order valence-corrected chi connectivity index (χ0v) is 9.54. The van der Waals surface area contributed by atoms with E-state index < -0.39 is 11.6 Å². The number of carbonyl (C=O) groups is 1. The molecule has 0 aliphatic heterocycles. The Kier molecular flexibility index (Phi) is 4.58. The first-order valence-electron chi connectivity index (χ1n) is 6.02. The molecule has 1 fully saturated rings. The number of aliphatic hydroxyl groups is 1. The maximum absolute atomic E-state index is 11.0. The number of hydrogen-bond donors (Lipinski definition) is 2. The van der Waals surface area contributed by atoms with Crippen molar-refractivity contribution in [1.82, 2.24) is 0 Å². The van der Waals surface area contributed by atoms with E-state index in [1.54, 1.807) is 0 Å². The van der Waals surface area contributed by atoms with Crippen LogP contribution in [0.25, 0.3) is 0 Å². The zero-order valence-electron chi connectivity index (χ0n) is 9.54. The monoisotopic (exact) mass is 214 g/mol. The molecule has 3 nitrogen and oxygen atoms in total. The van der Waals surface area contributed by atoms with E-state index in [-0.39, 0.29) is 5.92 Å². The van der Waals surface area contributed by atoms with Gasteiger partial charge in [-0.1, -0.05) is 32.6 Å². The van der Waals surface area contributed by atoms with Gasteiger partial charge in [0.2, 0.25) is 0 Å². The topological polar surface area (TPSA) is 57.5 Å². The van der Waals surface area contributed by atoms with Crippen molar-refractivity contribution in [1.29, 1.82) is 0 Å². The number of rotatable bonds is 5. The highest BCUT2D eigenvalue weighted by molar-refractivity contribution is 5.70. The van der Waals surface area contributed by atoms with E-state index >= 15 is 0 Å². The second-order valence-corrected chi connectivity index (χ2v) is 4.81. The van der Waals surface area contributed by atoms with Gasteiger partial charge in [0.25, 0.3) is 0 Å². The normalized spacial score (nSPS) is 22.3. The van der Waals surface area contributed by atoms with E-state index in [4.69, 9.17) is 5.11 Å². The Hall–Kier alpha value is -0.570. The molecule has 15 heavy (non-hydrogen) atoms. The average Bonchev–Trinajstić information content (AvgIpc) is 2.18. The fourth-order valence-electron chi connectivity index (χ4n) is 2.53. The molecule has 1 unspecified atom stereocenters. The van der Waals surface area contributed by atoms with Gasteiger partial charge in [-0.3, -0.25) is 4.79 Å². The third-order valence-corrected chi connectivity index (χ3v) is 3.40. The summed E-state index contributed by atoms with van der Waals surface area (Å²) in [6.45, 7) is 1.99. The molecule has 1 saturated carbocycles. The third kappa shape index (κ3) is 3.82. The lowest BCUT2D eigenvalue weighted by Gasteiger charge is -2.34. The summed E-state index contributed by atoms with van der Waals surface area (Å²) >= 11 is 0. The van der Waals surface area contributed by atoms with Gasteiger partial charge in [0.15, 0.2) is 0 Å². The van der Waals surface area contributed by atoms with Gasteiger partial charge in [0.1, 0.15) is 0 Å². The summed E-state index contributed by atoms with van der Waals surface area (Å²) in [7, 11) is 0. The smallest absolute Gasteiger partial charge is 0.306 e. The predicted octanol–water partition coefficient (Wildman–Crippen LogP) is 2.57. The first kappa shape index (κ1) is 12.5. The third-order valence-electron chi connectivity index (χ3n) is 3.40. The van der Waals surface area contributed by atoms with Crippen LogP contribution in [0, 0.1) is 5.92 Å². The van der Waals surface area contributed by atoms with E-state index in [9.17, 15) is 9.90 Å². The van der Waals surface area contributed by atoms with Gasteiger partial charge in [-0.2, -0.15) is 0 Å². The molecule has 88 valence electrons. The highest BCUT2D eigenvalue weighted by atomic mass is 16.4. The van der Waals surface area contributed by atoms with Crippen LogP contribution in [0.3, 0.4) is 0 Å². The van der Waals surface area contributed by atoms with Crippen molar-refractivity contribution >= 4 is 5.97 Å². The van der Waals surface area contributed by atoms with Crippen molar-refractivity contribution in [3.8, 4) is 0 Å². The summed E-state index contributed by atoms with van der Waals surface area (Å²) in [5.41, 5.74) is -0.698. The number of carboxylic acids is 1. The lowest BCUT2D eigenvalue weighted by molar-refractivity contribution is -0.145. The van der Waals surface area contributed by atoms with Crippen LogP contribution in [0.4, 0.5) is 0 Å². The summed E-state index contributed by atoms with van der Waals surface area (Å²) in [4.78, 5) is 11.0. The van der Waals surface area contributed by atoms with Gasteiger partial charge >= 0.3 is 5.97 Å². The van der Waals surface area contributed by atoms with E-state index in [0.29, 0.717) is 12.8 Å². The standard InChI is InChI=1S/C12H22O3/c1-2-6-10(11(13)14)9-12(15)7-4-3-5-8-12/h10,15H,2-9H2,1H3,(H,13,14). The molecule has 0 amide bonds. The fraction of sp³-hybridized carbons (Fsp3) is 0.917. The van der Waals surface area contributed by atoms with Crippen molar-refractivity contribution in [3.05, 3.63) is 0 Å². The van der Waals surface area contributed by atoms with Gasteiger partial charge in [-0.25, -0.2) is 0 Å². The molecule has 0 saturated heterocycles. The molecule has 0 heterocycles. The van der Waals surface area contributed by atoms with Crippen LogP contribution >= 0.6 is 0 Å². The first-order valence-corrected chi connectivity index (χ1v) is 6.02. The second kappa shape index (κ2) is 5.50. The minimum atomic E-state index is -0.754. The molecule has 0 spiro atoms. The van der Waals surface area contributed by atoms with Gasteiger partial charge < -0.3 is 10.2 Å². The molecule has 0 aromatic carbocycles. The van der Waals surface area contributed by atoms with Gasteiger partial charge in [0, 0.05) is 0 Å². The molecule has 1 rings (SSSR count). The summed E-state index contributed by atoms with van der Waals surface area (Å²) < 4.78 is 0. The Labute approximate surface area is 91.5 Å². The molecule has 1 aliphatic carbocycles. The maximum Gasteiger partial charge on any atom is 0.306 e. The average molecular weight is 214 g/mol. The summed E-state index contributed by atoms with van der Waals surface area (Å²) in [5, 5.41) is 19.3. The van der Waals surface area contributed by atoms with Crippen LogP contribution in [0.2, 0.25) is 0 Å². The summed E-state index contributed by atoms with van der Waals surface area (Å²) in [5.74, 6) is -1.12. The lowest BCUT2D eigenvalue weighted by atomic mass is 9.78. The van der Waals surface area contributed by atoms with E-state index in [0.717, 1.165) is 32.1 Å². The molecule has 2 N–H and O–H groups in total. The van der Waals surface area contributed by atoms with Crippen LogP contribution < -0.4 is 0 Å². The molecular weight excluding hydrogens is 192 g/mol. The number of aliphatic carboxylic acids is 1. The zero-order chi connectivity index (χ0) is 11.3. The molecule has 0 radical (unpaired) electrons. The van der Waals surface area contributed by atoms with Crippen LogP contribution in [0.1, 0.15) is 58.3 Å². The highest BCUT2D eigenvalue weighted by Crippen LogP contribution is 2.34. The quantitative estimate of drug-likeness (QED) is 0.739. The predicted molar refractivity (Wildman–Crippen MR) is 58.7 cm³/mol. The lowest BCUT2D eigenvalue weighted by Crippen LogP contribution is -2.35. The maximum atomic E-state index is 11.0. The molecule has 0 aromatic rings. The van der Waals surface area contributed by atoms with Crippen LogP contribution in [0.5, 0.6) is 0 Å². The highest BCUT2D eigenvalue weighted by Gasteiger charge is 2.34. The van der Waals surface area contributed by atoms with Crippen molar-refractivity contribution in [3.63, 3.8) is 0 Å². The Bertz CT molecular complexity index is 207. The molecule has 3 heteroatoms. The van der Waals surface area contributed by atoms with Crippen LogP contribution in [0.15, 0.2) is 0 Å². The van der Waals surface area contributed by atoms with E-state index in [1.807, 2.05) is 6.92 Å². The van der Waals surface area contributed by atoms with Crippen molar-refractivity contribution in [2.45, 2.75) is 63.9 Å². The molecule has 0 aromatic heterocycles. The number of hydrogen-bond acceptors (Lipinski definition) is 2. The Morgan fingerprint density at radius 2 is 1.93 bits per heavy atom. The Morgan fingerprint density at radius 3 is 2.40 bits per heavy atom. The largest absolute Gasteiger partial charge is 0.481 e. The molecule has 0 bridgehead atoms. The van der Waals surface area contributed by atoms with Gasteiger partial charge in [-0.05, 0) is 25.7 Å². The van der Waals surface area contributed by atoms with Crippen molar-refractivity contribution < 1.29 is 15.0 Å². The van der Waals surface area contributed by atoms with E-state index in [1.165, 1.54) is 6.42 Å². The summed E-state index contributed by atoms with van der Waals surface area (Å²) in [6.07, 6.45) is 6.79. The Balaban J connectivity index is 2.51. The Morgan fingerprint density at radius 1 is 1.33 bits per heavy atom. The molecule has 1 aliphatic rings. The minimum Gasteiger partial charge on any atom is -0.481 e. The molecular formula is C12H22O3. The fourth-order valence-corrected chi connectivity index (χ4v) is 2.53. The summed E-state index contributed by atoms with van der Waals surface area (Å²) in [6, 6.07) is 0. The molecule has 1 atom stereocenters. The minimum absolute atomic E-state index is 0.363. The second-order valence-electron chi connectivity index (χ2n) is 4.81. The van der Waals surface area contributed by atoms with Gasteiger partial charge in [0.05, 0.1) is 11.5 Å². The SMILES string of the molecule is CCCC(CC1(O)CCCCC1)C(=O)O. The van der Waals surface area contributed by atoms with E-state index in [2.05, 4.69) is 0 Å². The van der Waals surface area contributed by atoms with Crippen molar-refractivity contribution in [2.75, 3.05) is 0 Å². The first-order chi connectivity index (χ1) is 7.07.